The molecule has 1 aromatic rings. The molecule has 0 spiro atoms. The van der Waals surface area contributed by atoms with Gasteiger partial charge >= 0.3 is 0 Å². The van der Waals surface area contributed by atoms with Gasteiger partial charge in [0.1, 0.15) is 12.4 Å². The van der Waals surface area contributed by atoms with Gasteiger partial charge in [-0.3, -0.25) is 9.59 Å². The Bertz CT molecular complexity index is 654. The average molecular weight is 393 g/mol. The van der Waals surface area contributed by atoms with Crippen molar-refractivity contribution in [2.45, 2.75) is 25.3 Å². The van der Waals surface area contributed by atoms with Crippen LogP contribution >= 0.6 is 15.9 Å². The number of likely N-dealkylation sites (tertiary alicyclic amines) is 1. The zero-order valence-corrected chi connectivity index (χ0v) is 15.0. The Labute approximate surface area is 150 Å². The molecule has 2 aliphatic rings. The quantitative estimate of drug-likeness (QED) is 0.802. The van der Waals surface area contributed by atoms with Crippen molar-refractivity contribution in [3.8, 4) is 5.75 Å². The number of amides is 2. The molecule has 1 saturated heterocycles. The summed E-state index contributed by atoms with van der Waals surface area (Å²) in [6, 6.07) is 5.93. The number of hydrogen-bond acceptors (Lipinski definition) is 3. The molecule has 6 heteroatoms. The third kappa shape index (κ3) is 3.80. The maximum absolute atomic E-state index is 12.5. The molecule has 0 bridgehead atoms. The second-order valence-corrected chi connectivity index (χ2v) is 7.19. The van der Waals surface area contributed by atoms with E-state index in [0.29, 0.717) is 32.5 Å². The maximum atomic E-state index is 12.5. The molecular weight excluding hydrogens is 372 g/mol. The van der Waals surface area contributed by atoms with Crippen LogP contribution in [0, 0.1) is 5.92 Å². The summed E-state index contributed by atoms with van der Waals surface area (Å²) < 4.78 is 6.75. The summed E-state index contributed by atoms with van der Waals surface area (Å²) in [5, 5.41) is 3.10. The molecule has 0 saturated carbocycles. The van der Waals surface area contributed by atoms with Crippen LogP contribution in [0.4, 0.5) is 0 Å². The van der Waals surface area contributed by atoms with E-state index in [1.54, 1.807) is 4.90 Å². The lowest BCUT2D eigenvalue weighted by Crippen LogP contribution is -2.48. The predicted octanol–water partition coefficient (Wildman–Crippen LogP) is 2.29. The zero-order chi connectivity index (χ0) is 17.1. The average Bonchev–Trinajstić information content (AvgIpc) is 2.60. The van der Waals surface area contributed by atoms with Gasteiger partial charge in [-0.05, 0) is 49.1 Å². The maximum Gasteiger partial charge on any atom is 0.245 e. The topological polar surface area (TPSA) is 58.6 Å². The normalized spacial score (nSPS) is 20.7. The number of fused-ring (bicyclic) bond motifs is 1. The van der Waals surface area contributed by atoms with Gasteiger partial charge < -0.3 is 15.0 Å². The molecule has 1 atom stereocenters. The van der Waals surface area contributed by atoms with Crippen LogP contribution in [-0.2, 0) is 16.0 Å². The minimum atomic E-state index is -0.0586. The number of nitrogens with zero attached hydrogens (tertiary/aromatic N) is 1. The lowest BCUT2D eigenvalue weighted by Gasteiger charge is -2.32. The van der Waals surface area contributed by atoms with Crippen LogP contribution in [-0.4, -0.2) is 42.5 Å². The van der Waals surface area contributed by atoms with Gasteiger partial charge in [-0.15, -0.1) is 0 Å². The van der Waals surface area contributed by atoms with Crippen LogP contribution in [0.3, 0.4) is 0 Å². The van der Waals surface area contributed by atoms with E-state index in [4.69, 9.17) is 4.74 Å². The van der Waals surface area contributed by atoms with Gasteiger partial charge in [0, 0.05) is 23.5 Å². The lowest BCUT2D eigenvalue weighted by molar-refractivity contribution is -0.132. The van der Waals surface area contributed by atoms with Crippen molar-refractivity contribution < 1.29 is 14.3 Å². The minimum absolute atomic E-state index is 0.00728. The van der Waals surface area contributed by atoms with E-state index in [1.165, 1.54) is 6.08 Å². The Morgan fingerprint density at radius 3 is 2.79 bits per heavy atom. The van der Waals surface area contributed by atoms with Crippen molar-refractivity contribution in [2.24, 2.45) is 5.92 Å². The smallest absolute Gasteiger partial charge is 0.245 e. The number of ether oxygens (including phenoxy) is 1. The van der Waals surface area contributed by atoms with E-state index in [9.17, 15) is 9.59 Å². The Balaban J connectivity index is 1.53. The van der Waals surface area contributed by atoms with Crippen LogP contribution in [0.25, 0.3) is 0 Å². The number of benzene rings is 1. The summed E-state index contributed by atoms with van der Waals surface area (Å²) in [7, 11) is 0. The van der Waals surface area contributed by atoms with Gasteiger partial charge in [0.05, 0.1) is 6.04 Å². The third-order valence-electron chi connectivity index (χ3n) is 4.63. The Morgan fingerprint density at radius 2 is 2.08 bits per heavy atom. The second-order valence-electron chi connectivity index (χ2n) is 6.28. The second kappa shape index (κ2) is 7.38. The van der Waals surface area contributed by atoms with E-state index in [2.05, 4.69) is 27.8 Å². The number of piperidine rings is 1. The summed E-state index contributed by atoms with van der Waals surface area (Å²) in [5.41, 5.74) is 1.10. The lowest BCUT2D eigenvalue weighted by atomic mass is 9.94. The van der Waals surface area contributed by atoms with Crippen LogP contribution in [0.2, 0.25) is 0 Å². The van der Waals surface area contributed by atoms with Gasteiger partial charge in [0.15, 0.2) is 0 Å². The highest BCUT2D eigenvalue weighted by molar-refractivity contribution is 9.10. The molecule has 0 aromatic heterocycles. The first-order valence-corrected chi connectivity index (χ1v) is 8.99. The highest BCUT2D eigenvalue weighted by Gasteiger charge is 2.29. The van der Waals surface area contributed by atoms with Crippen LogP contribution < -0.4 is 10.1 Å². The SMILES string of the molecule is C=CC(=O)N1CCC(C(=O)NC2COc3ccc(Br)cc3C2)CC1. The van der Waals surface area contributed by atoms with Gasteiger partial charge in [-0.1, -0.05) is 22.5 Å². The first-order valence-electron chi connectivity index (χ1n) is 8.19. The fourth-order valence-electron chi connectivity index (χ4n) is 3.27. The van der Waals surface area contributed by atoms with Crippen molar-refractivity contribution in [1.82, 2.24) is 10.2 Å². The number of carbonyl (C=O) groups excluding carboxylic acids is 2. The number of rotatable bonds is 3. The van der Waals surface area contributed by atoms with Gasteiger partial charge in [0.25, 0.3) is 0 Å². The first kappa shape index (κ1) is 17.0. The van der Waals surface area contributed by atoms with E-state index < -0.39 is 0 Å². The molecule has 3 rings (SSSR count). The Hall–Kier alpha value is -1.82. The van der Waals surface area contributed by atoms with Crippen molar-refractivity contribution >= 4 is 27.7 Å². The van der Waals surface area contributed by atoms with Crippen molar-refractivity contribution in [2.75, 3.05) is 19.7 Å². The molecule has 128 valence electrons. The van der Waals surface area contributed by atoms with Gasteiger partial charge in [-0.25, -0.2) is 0 Å². The molecule has 1 unspecified atom stereocenters. The molecule has 24 heavy (non-hydrogen) atoms. The Morgan fingerprint density at radius 1 is 1.33 bits per heavy atom. The standard InChI is InChI=1S/C18H21BrN2O3/c1-2-17(22)21-7-5-12(6-8-21)18(23)20-15-10-13-9-14(19)3-4-16(13)24-11-15/h2-4,9,12,15H,1,5-8,10-11H2,(H,20,23). The molecule has 2 amide bonds. The summed E-state index contributed by atoms with van der Waals surface area (Å²) in [4.78, 5) is 25.8. The summed E-state index contributed by atoms with van der Waals surface area (Å²) in [6.07, 6.45) is 3.49. The molecule has 1 N–H and O–H groups in total. The van der Waals surface area contributed by atoms with Crippen LogP contribution in [0.1, 0.15) is 18.4 Å². The highest BCUT2D eigenvalue weighted by Crippen LogP contribution is 2.28. The minimum Gasteiger partial charge on any atom is -0.491 e. The van der Waals surface area contributed by atoms with Crippen molar-refractivity contribution in [1.29, 1.82) is 0 Å². The molecule has 0 radical (unpaired) electrons. The van der Waals surface area contributed by atoms with E-state index in [0.717, 1.165) is 22.2 Å². The molecule has 5 nitrogen and oxygen atoms in total. The molecule has 2 heterocycles. The number of hydrogen-bond donors (Lipinski definition) is 1. The van der Waals surface area contributed by atoms with Gasteiger partial charge in [0.2, 0.25) is 11.8 Å². The van der Waals surface area contributed by atoms with E-state index >= 15 is 0 Å². The van der Waals surface area contributed by atoms with Crippen molar-refractivity contribution in [3.63, 3.8) is 0 Å². The van der Waals surface area contributed by atoms with Crippen molar-refractivity contribution in [3.05, 3.63) is 40.9 Å². The monoisotopic (exact) mass is 392 g/mol. The zero-order valence-electron chi connectivity index (χ0n) is 13.5. The molecule has 2 aliphatic heterocycles. The summed E-state index contributed by atoms with van der Waals surface area (Å²) in [6.45, 7) is 5.22. The molecule has 1 aromatic carbocycles. The van der Waals surface area contributed by atoms with E-state index in [1.807, 2.05) is 18.2 Å². The van der Waals surface area contributed by atoms with Crippen LogP contribution in [0.15, 0.2) is 35.3 Å². The first-order chi connectivity index (χ1) is 11.6. The Kier molecular flexibility index (Phi) is 5.23. The molecule has 0 aliphatic carbocycles. The number of nitrogens with one attached hydrogen (secondary N) is 1. The highest BCUT2D eigenvalue weighted by atomic mass is 79.9. The molecule has 1 fully saturated rings. The molecular formula is C18H21BrN2O3. The number of carbonyl (C=O) groups is 2. The van der Waals surface area contributed by atoms with Gasteiger partial charge in [-0.2, -0.15) is 0 Å². The summed E-state index contributed by atoms with van der Waals surface area (Å²) >= 11 is 3.46. The largest absolute Gasteiger partial charge is 0.491 e. The fourth-order valence-corrected chi connectivity index (χ4v) is 3.67. The third-order valence-corrected chi connectivity index (χ3v) is 5.12. The fraction of sp³-hybridized carbons (Fsp3) is 0.444. The summed E-state index contributed by atoms with van der Waals surface area (Å²) in [5.74, 6) is 0.854. The predicted molar refractivity (Wildman–Crippen MR) is 94.8 cm³/mol. The van der Waals surface area contributed by atoms with E-state index in [-0.39, 0.29) is 23.8 Å². The van der Waals surface area contributed by atoms with Crippen LogP contribution in [0.5, 0.6) is 5.75 Å². The number of halogens is 1.